The van der Waals surface area contributed by atoms with E-state index < -0.39 is 36.1 Å². The van der Waals surface area contributed by atoms with Gasteiger partial charge in [0.15, 0.2) is 5.82 Å². The van der Waals surface area contributed by atoms with Crippen molar-refractivity contribution in [2.75, 3.05) is 13.2 Å². The van der Waals surface area contributed by atoms with Gasteiger partial charge < -0.3 is 29.3 Å². The molecule has 11 nitrogen and oxygen atoms in total. The fourth-order valence-electron chi connectivity index (χ4n) is 5.69. The molecule has 1 aliphatic carbocycles. The molecule has 1 heterocycles. The van der Waals surface area contributed by atoms with Gasteiger partial charge in [-0.2, -0.15) is 10.2 Å². The molecule has 0 aliphatic heterocycles. The van der Waals surface area contributed by atoms with Crippen molar-refractivity contribution in [3.8, 4) is 17.6 Å². The van der Waals surface area contributed by atoms with E-state index in [1.54, 1.807) is 30.3 Å². The lowest BCUT2D eigenvalue weighted by atomic mass is 9.58. The van der Waals surface area contributed by atoms with Crippen LogP contribution in [-0.4, -0.2) is 50.7 Å². The highest BCUT2D eigenvalue weighted by atomic mass is 35.5. The number of halogens is 1. The summed E-state index contributed by atoms with van der Waals surface area (Å²) in [6, 6.07) is 21.1. The third-order valence-corrected chi connectivity index (χ3v) is 8.86. The van der Waals surface area contributed by atoms with Gasteiger partial charge in [-0.05, 0) is 34.9 Å². The Bertz CT molecular complexity index is 1870. The molecule has 3 aromatic carbocycles. The molecule has 4 aromatic rings. The highest BCUT2D eigenvalue weighted by molar-refractivity contribution is 6.32. The number of benzene rings is 3. The number of hydrogen-bond acceptors (Lipinski definition) is 10. The van der Waals surface area contributed by atoms with Gasteiger partial charge >= 0.3 is 5.97 Å². The molecule has 1 aliphatic rings. The summed E-state index contributed by atoms with van der Waals surface area (Å²) in [6.45, 7) is 3.22. The first-order chi connectivity index (χ1) is 23.1. The Morgan fingerprint density at radius 1 is 1.08 bits per heavy atom. The lowest BCUT2D eigenvalue weighted by molar-refractivity contribution is -0.140. The van der Waals surface area contributed by atoms with Crippen LogP contribution in [0.5, 0.6) is 11.5 Å². The van der Waals surface area contributed by atoms with Crippen molar-refractivity contribution in [1.82, 2.24) is 15.5 Å². The normalized spacial score (nSPS) is 17.3. The number of hydrogen-bond donors (Lipinski definition) is 4. The van der Waals surface area contributed by atoms with Crippen molar-refractivity contribution in [3.63, 3.8) is 0 Å². The minimum atomic E-state index is -1.21. The number of aliphatic carboxylic acids is 1. The molecule has 1 aromatic heterocycles. The summed E-state index contributed by atoms with van der Waals surface area (Å²) < 4.78 is 18.0. The van der Waals surface area contributed by atoms with Gasteiger partial charge in [0, 0.05) is 23.6 Å². The van der Waals surface area contributed by atoms with Crippen molar-refractivity contribution in [2.24, 2.45) is 5.41 Å². The Labute approximate surface area is 282 Å². The number of aliphatic hydroxyl groups is 2. The van der Waals surface area contributed by atoms with E-state index in [2.05, 4.69) is 35.4 Å². The Balaban J connectivity index is 1.50. The highest BCUT2D eigenvalue weighted by Gasteiger charge is 2.52. The van der Waals surface area contributed by atoms with Crippen molar-refractivity contribution in [1.29, 1.82) is 5.26 Å². The third-order valence-electron chi connectivity index (χ3n) is 8.56. The monoisotopic (exact) mass is 670 g/mol. The van der Waals surface area contributed by atoms with Gasteiger partial charge in [0.25, 0.3) is 5.89 Å². The number of ether oxygens (including phenoxy) is 2. The fraction of sp³-hybridized carbons (Fsp3) is 0.278. The zero-order valence-corrected chi connectivity index (χ0v) is 27.1. The van der Waals surface area contributed by atoms with Crippen molar-refractivity contribution >= 4 is 23.1 Å². The molecule has 0 fully saturated rings. The average Bonchev–Trinajstić information content (AvgIpc) is 3.58. The molecule has 12 heteroatoms. The van der Waals surface area contributed by atoms with Crippen molar-refractivity contribution in [3.05, 3.63) is 124 Å². The van der Waals surface area contributed by atoms with Crippen LogP contribution in [0.3, 0.4) is 0 Å². The number of carboxylic acid groups (broad SMARTS) is 1. The Hall–Kier alpha value is -4.99. The first kappa shape index (κ1) is 34.3. The maximum atomic E-state index is 11.5. The van der Waals surface area contributed by atoms with Crippen LogP contribution in [0, 0.1) is 16.7 Å². The van der Waals surface area contributed by atoms with Crippen LogP contribution in [-0.2, 0) is 30.0 Å². The summed E-state index contributed by atoms with van der Waals surface area (Å²) in [5, 5.41) is 45.3. The summed E-state index contributed by atoms with van der Waals surface area (Å²) >= 11 is 6.78. The second kappa shape index (κ2) is 14.8. The molecule has 0 amide bonds. The van der Waals surface area contributed by atoms with Crippen molar-refractivity contribution < 1.29 is 34.1 Å². The topological polar surface area (TPSA) is 171 Å². The molecule has 0 radical (unpaired) electrons. The van der Waals surface area contributed by atoms with Gasteiger partial charge in [0.1, 0.15) is 37.4 Å². The van der Waals surface area contributed by atoms with Gasteiger partial charge in [-0.1, -0.05) is 91.3 Å². The number of carbonyl (C=O) groups is 1. The van der Waals surface area contributed by atoms with E-state index >= 15 is 0 Å². The van der Waals surface area contributed by atoms with E-state index in [1.165, 1.54) is 0 Å². The number of carboxylic acids is 1. The molecule has 248 valence electrons. The standard InChI is InChI=1S/C36H35ClN4O7/c1-35(2)27(25-10-4-3-5-11-25)12-7-13-36(35,34-40-32(20-43)48-41-34)22-47-31-16-30(46-21-24-9-6-8-23(14-24)17-38)26(15-28(31)37)18-39-29(19-42)33(44)45/h3-16,29,39,42-43H,18-22H2,1-2H3,(H,44,45). The Morgan fingerprint density at radius 3 is 2.56 bits per heavy atom. The number of aliphatic hydroxyl groups excluding tert-OH is 2. The van der Waals surface area contributed by atoms with E-state index in [-0.39, 0.29) is 36.4 Å². The Morgan fingerprint density at radius 2 is 1.88 bits per heavy atom. The van der Waals surface area contributed by atoms with E-state index in [4.69, 9.17) is 25.6 Å². The van der Waals surface area contributed by atoms with Gasteiger partial charge in [-0.3, -0.25) is 10.1 Å². The number of aromatic nitrogens is 2. The predicted molar refractivity (Wildman–Crippen MR) is 177 cm³/mol. The third kappa shape index (κ3) is 7.12. The summed E-state index contributed by atoms with van der Waals surface area (Å²) in [7, 11) is 0. The second-order valence-corrected chi connectivity index (χ2v) is 12.2. The maximum Gasteiger partial charge on any atom is 0.323 e. The molecule has 4 N–H and O–H groups in total. The Kier molecular flexibility index (Phi) is 10.6. The number of rotatable bonds is 14. The SMILES string of the molecule is CC1(C)C(c2ccccc2)=CC=CC1(COc1cc(OCc2cccc(C#N)c2)c(CNC(CO)C(=O)O)cc1Cl)c1noc(CO)n1. The molecule has 2 unspecified atom stereocenters. The van der Waals surface area contributed by atoms with Gasteiger partial charge in [-0.25, -0.2) is 0 Å². The number of nitrogens with zero attached hydrogens (tertiary/aromatic N) is 3. The lowest BCUT2D eigenvalue weighted by Gasteiger charge is -2.46. The van der Waals surface area contributed by atoms with E-state index in [9.17, 15) is 25.4 Å². The molecule has 0 bridgehead atoms. The molecule has 0 saturated heterocycles. The molecule has 5 rings (SSSR count). The summed E-state index contributed by atoms with van der Waals surface area (Å²) in [6.07, 6.45) is 5.92. The first-order valence-corrected chi connectivity index (χ1v) is 15.5. The molecule has 0 spiro atoms. The van der Waals surface area contributed by atoms with Crippen LogP contribution in [0.25, 0.3) is 5.57 Å². The molecule has 2 atom stereocenters. The maximum absolute atomic E-state index is 11.5. The zero-order chi connectivity index (χ0) is 34.3. The minimum absolute atomic E-state index is 0.0116. The number of allylic oxidation sites excluding steroid dienone is 3. The van der Waals surface area contributed by atoms with Crippen LogP contribution in [0.4, 0.5) is 0 Å². The van der Waals surface area contributed by atoms with Crippen molar-refractivity contribution in [2.45, 2.75) is 45.1 Å². The van der Waals surface area contributed by atoms with Gasteiger partial charge in [0.05, 0.1) is 28.7 Å². The van der Waals surface area contributed by atoms with Crippen LogP contribution in [0.1, 0.15) is 47.8 Å². The number of nitrogens with one attached hydrogen (secondary N) is 1. The predicted octanol–water partition coefficient (Wildman–Crippen LogP) is 5.20. The summed E-state index contributed by atoms with van der Waals surface area (Å²) in [5.41, 5.74) is 2.13. The average molecular weight is 671 g/mol. The molecule has 0 saturated carbocycles. The molecule has 48 heavy (non-hydrogen) atoms. The summed E-state index contributed by atoms with van der Waals surface area (Å²) in [5.74, 6) is -0.182. The largest absolute Gasteiger partial charge is 0.490 e. The quantitative estimate of drug-likeness (QED) is 0.139. The molecular formula is C36H35ClN4O7. The minimum Gasteiger partial charge on any atom is -0.490 e. The fourth-order valence-corrected chi connectivity index (χ4v) is 5.93. The first-order valence-electron chi connectivity index (χ1n) is 15.2. The van der Waals surface area contributed by atoms with Crippen LogP contribution < -0.4 is 14.8 Å². The molecular weight excluding hydrogens is 636 g/mol. The smallest absolute Gasteiger partial charge is 0.323 e. The summed E-state index contributed by atoms with van der Waals surface area (Å²) in [4.78, 5) is 16.0. The van der Waals surface area contributed by atoms with E-state index in [1.807, 2.05) is 54.6 Å². The van der Waals surface area contributed by atoms with E-state index in [0.29, 0.717) is 22.7 Å². The highest BCUT2D eigenvalue weighted by Crippen LogP contribution is 2.53. The van der Waals surface area contributed by atoms with Crippen LogP contribution >= 0.6 is 11.6 Å². The van der Waals surface area contributed by atoms with Gasteiger partial charge in [0.2, 0.25) is 0 Å². The van der Waals surface area contributed by atoms with Crippen LogP contribution in [0.2, 0.25) is 5.02 Å². The second-order valence-electron chi connectivity index (χ2n) is 11.8. The van der Waals surface area contributed by atoms with Gasteiger partial charge in [-0.15, -0.1) is 0 Å². The van der Waals surface area contributed by atoms with Crippen LogP contribution in [0.15, 0.2) is 89.5 Å². The number of nitriles is 1. The zero-order valence-electron chi connectivity index (χ0n) is 26.4. The lowest BCUT2D eigenvalue weighted by Crippen LogP contribution is -2.48. The van der Waals surface area contributed by atoms with E-state index in [0.717, 1.165) is 16.7 Å².